The molecule has 1 heterocycles. The van der Waals surface area contributed by atoms with E-state index < -0.39 is 0 Å². The normalized spacial score (nSPS) is 11.6. The molecule has 0 radical (unpaired) electrons. The third kappa shape index (κ3) is 5.95. The van der Waals surface area contributed by atoms with E-state index >= 15 is 0 Å². The van der Waals surface area contributed by atoms with E-state index in [4.69, 9.17) is 4.52 Å². The predicted molar refractivity (Wildman–Crippen MR) is 98.3 cm³/mol. The van der Waals surface area contributed by atoms with Gasteiger partial charge in [-0.2, -0.15) is 0 Å². The molecule has 0 spiro atoms. The summed E-state index contributed by atoms with van der Waals surface area (Å²) in [6.07, 6.45) is 0.995. The highest BCUT2D eigenvalue weighted by Gasteiger charge is 2.07. The Labute approximate surface area is 143 Å². The van der Waals surface area contributed by atoms with E-state index in [2.05, 4.69) is 52.1 Å². The summed E-state index contributed by atoms with van der Waals surface area (Å²) in [4.78, 5) is 4.21. The first-order valence-electron chi connectivity index (χ1n) is 8.38. The van der Waals surface area contributed by atoms with Crippen molar-refractivity contribution in [1.29, 1.82) is 0 Å². The van der Waals surface area contributed by atoms with E-state index in [-0.39, 0.29) is 0 Å². The van der Waals surface area contributed by atoms with Crippen molar-refractivity contribution in [2.24, 2.45) is 4.99 Å². The van der Waals surface area contributed by atoms with Crippen LogP contribution in [0.2, 0.25) is 0 Å². The van der Waals surface area contributed by atoms with E-state index in [0.717, 1.165) is 42.6 Å². The van der Waals surface area contributed by atoms with Crippen LogP contribution in [-0.2, 0) is 6.54 Å². The fourth-order valence-electron chi connectivity index (χ4n) is 2.16. The molecule has 1 aromatic carbocycles. The monoisotopic (exact) mass is 329 g/mol. The van der Waals surface area contributed by atoms with Gasteiger partial charge >= 0.3 is 0 Å². The molecular formula is C18H27N5O. The average Bonchev–Trinajstić information content (AvgIpc) is 3.07. The number of rotatable bonds is 8. The number of para-hydroxylation sites is 1. The number of nitrogens with zero attached hydrogens (tertiary/aromatic N) is 2. The molecule has 0 bridgehead atoms. The first-order valence-corrected chi connectivity index (χ1v) is 8.38. The number of hydrogen-bond donors (Lipinski definition) is 3. The molecule has 0 aliphatic rings. The third-order valence-electron chi connectivity index (χ3n) is 3.57. The maximum Gasteiger partial charge on any atom is 0.191 e. The highest BCUT2D eigenvalue weighted by molar-refractivity contribution is 5.79. The Hall–Kier alpha value is -2.50. The second-order valence-corrected chi connectivity index (χ2v) is 5.87. The topological polar surface area (TPSA) is 74.5 Å². The zero-order chi connectivity index (χ0) is 17.2. The van der Waals surface area contributed by atoms with Crippen molar-refractivity contribution in [2.75, 3.05) is 25.5 Å². The number of nitrogens with one attached hydrogen (secondary N) is 3. The number of anilines is 1. The lowest BCUT2D eigenvalue weighted by atomic mass is 10.1. The van der Waals surface area contributed by atoms with Crippen LogP contribution in [0.3, 0.4) is 0 Å². The van der Waals surface area contributed by atoms with Crippen LogP contribution in [0, 0.1) is 0 Å². The molecule has 0 unspecified atom stereocenters. The van der Waals surface area contributed by atoms with Crippen molar-refractivity contribution in [3.8, 4) is 0 Å². The molecule has 0 amide bonds. The third-order valence-corrected chi connectivity index (χ3v) is 3.57. The van der Waals surface area contributed by atoms with E-state index in [1.54, 1.807) is 7.05 Å². The molecule has 24 heavy (non-hydrogen) atoms. The van der Waals surface area contributed by atoms with Gasteiger partial charge in [-0.05, 0) is 24.5 Å². The summed E-state index contributed by atoms with van der Waals surface area (Å²) in [6.45, 7) is 6.51. The molecule has 0 aliphatic heterocycles. The fraction of sp³-hybridized carbons (Fsp3) is 0.444. The maximum atomic E-state index is 5.31. The first kappa shape index (κ1) is 17.8. The van der Waals surface area contributed by atoms with Crippen LogP contribution in [0.4, 0.5) is 5.69 Å². The second-order valence-electron chi connectivity index (χ2n) is 5.87. The molecular weight excluding hydrogens is 302 g/mol. The van der Waals surface area contributed by atoms with Crippen LogP contribution >= 0.6 is 0 Å². The molecule has 0 aliphatic carbocycles. The molecule has 1 aromatic heterocycles. The molecule has 0 fully saturated rings. The summed E-state index contributed by atoms with van der Waals surface area (Å²) in [6, 6.07) is 12.2. The van der Waals surface area contributed by atoms with Crippen molar-refractivity contribution in [1.82, 2.24) is 15.8 Å². The van der Waals surface area contributed by atoms with Crippen LogP contribution in [-0.4, -0.2) is 31.3 Å². The highest BCUT2D eigenvalue weighted by atomic mass is 16.5. The second kappa shape index (κ2) is 9.60. The van der Waals surface area contributed by atoms with Crippen molar-refractivity contribution in [3.63, 3.8) is 0 Å². The van der Waals surface area contributed by atoms with Gasteiger partial charge < -0.3 is 20.5 Å². The van der Waals surface area contributed by atoms with Crippen LogP contribution in [0.1, 0.15) is 37.6 Å². The number of guanidine groups is 1. The fourth-order valence-corrected chi connectivity index (χ4v) is 2.16. The lowest BCUT2D eigenvalue weighted by Crippen LogP contribution is -2.37. The smallest absolute Gasteiger partial charge is 0.191 e. The van der Waals surface area contributed by atoms with Gasteiger partial charge in [0.1, 0.15) is 0 Å². The summed E-state index contributed by atoms with van der Waals surface area (Å²) in [5, 5.41) is 14.0. The standard InChI is InChI=1S/C18H27N5O/c1-14(2)17-12-16(24-23-17)13-22-18(19-3)21-11-7-10-20-15-8-5-4-6-9-15/h4-6,8-9,12,14,20H,7,10-11,13H2,1-3H3,(H2,19,21,22). The van der Waals surface area contributed by atoms with Gasteiger partial charge in [-0.1, -0.05) is 37.2 Å². The SMILES string of the molecule is CN=C(NCCCNc1ccccc1)NCc1cc(C(C)C)no1. The lowest BCUT2D eigenvalue weighted by Gasteiger charge is -2.11. The van der Waals surface area contributed by atoms with Gasteiger partial charge in [0.15, 0.2) is 11.7 Å². The quantitative estimate of drug-likeness (QED) is 0.394. The van der Waals surface area contributed by atoms with E-state index in [1.165, 1.54) is 0 Å². The number of aliphatic imine (C=N–C) groups is 1. The van der Waals surface area contributed by atoms with Crippen molar-refractivity contribution >= 4 is 11.6 Å². The summed E-state index contributed by atoms with van der Waals surface area (Å²) in [5.74, 6) is 1.95. The Kier molecular flexibility index (Phi) is 7.14. The zero-order valence-electron chi connectivity index (χ0n) is 14.7. The lowest BCUT2D eigenvalue weighted by molar-refractivity contribution is 0.372. The number of aromatic nitrogens is 1. The van der Waals surface area contributed by atoms with Crippen molar-refractivity contribution in [3.05, 3.63) is 47.9 Å². The molecule has 6 heteroatoms. The Morgan fingerprint density at radius 3 is 2.62 bits per heavy atom. The number of benzene rings is 1. The van der Waals surface area contributed by atoms with Gasteiger partial charge in [-0.15, -0.1) is 0 Å². The number of hydrogen-bond acceptors (Lipinski definition) is 4. The molecule has 6 nitrogen and oxygen atoms in total. The van der Waals surface area contributed by atoms with Gasteiger partial charge in [-0.3, -0.25) is 4.99 Å². The van der Waals surface area contributed by atoms with Gasteiger partial charge in [0.2, 0.25) is 0 Å². The molecule has 2 aromatic rings. The summed E-state index contributed by atoms with van der Waals surface area (Å²) < 4.78 is 5.31. The van der Waals surface area contributed by atoms with Crippen LogP contribution < -0.4 is 16.0 Å². The maximum absolute atomic E-state index is 5.31. The summed E-state index contributed by atoms with van der Waals surface area (Å²) in [5.41, 5.74) is 2.12. The largest absolute Gasteiger partial charge is 0.385 e. The van der Waals surface area contributed by atoms with Gasteiger partial charge in [-0.25, -0.2) is 0 Å². The molecule has 0 atom stereocenters. The molecule has 0 saturated heterocycles. The molecule has 3 N–H and O–H groups in total. The molecule has 0 saturated carbocycles. The van der Waals surface area contributed by atoms with Crippen molar-refractivity contribution in [2.45, 2.75) is 32.7 Å². The minimum atomic E-state index is 0.372. The molecule has 130 valence electrons. The minimum Gasteiger partial charge on any atom is -0.385 e. The Morgan fingerprint density at radius 1 is 1.17 bits per heavy atom. The predicted octanol–water partition coefficient (Wildman–Crippen LogP) is 2.97. The Morgan fingerprint density at radius 2 is 1.96 bits per heavy atom. The van der Waals surface area contributed by atoms with Gasteiger partial charge in [0.05, 0.1) is 12.2 Å². The van der Waals surface area contributed by atoms with Crippen LogP contribution in [0.25, 0.3) is 0 Å². The Bertz CT molecular complexity index is 621. The van der Waals surface area contributed by atoms with E-state index in [9.17, 15) is 0 Å². The zero-order valence-corrected chi connectivity index (χ0v) is 14.7. The van der Waals surface area contributed by atoms with Gasteiger partial charge in [0.25, 0.3) is 0 Å². The molecule has 2 rings (SSSR count). The first-order chi connectivity index (χ1) is 11.7. The average molecular weight is 329 g/mol. The minimum absolute atomic E-state index is 0.372. The Balaban J connectivity index is 1.63. The van der Waals surface area contributed by atoms with Crippen molar-refractivity contribution < 1.29 is 4.52 Å². The van der Waals surface area contributed by atoms with E-state index in [1.807, 2.05) is 24.3 Å². The van der Waals surface area contributed by atoms with Crippen LogP contribution in [0.5, 0.6) is 0 Å². The highest BCUT2D eigenvalue weighted by Crippen LogP contribution is 2.13. The summed E-state index contributed by atoms with van der Waals surface area (Å²) >= 11 is 0. The van der Waals surface area contributed by atoms with Gasteiger partial charge in [0, 0.05) is 31.9 Å². The summed E-state index contributed by atoms with van der Waals surface area (Å²) in [7, 11) is 1.76. The van der Waals surface area contributed by atoms with E-state index in [0.29, 0.717) is 12.5 Å². The van der Waals surface area contributed by atoms with Crippen LogP contribution in [0.15, 0.2) is 45.9 Å².